The lowest BCUT2D eigenvalue weighted by atomic mass is 9.91. The van der Waals surface area contributed by atoms with E-state index in [-0.39, 0.29) is 6.79 Å². The van der Waals surface area contributed by atoms with Gasteiger partial charge in [-0.3, -0.25) is 0 Å². The summed E-state index contributed by atoms with van der Waals surface area (Å²) in [6.07, 6.45) is 6.54. The first-order valence-electron chi connectivity index (χ1n) is 9.80. The first-order chi connectivity index (χ1) is 15.3. The fourth-order valence-corrected chi connectivity index (χ4v) is 4.04. The zero-order chi connectivity index (χ0) is 21.2. The number of hydrogen-bond acceptors (Lipinski definition) is 4. The summed E-state index contributed by atoms with van der Waals surface area (Å²) in [4.78, 5) is 0. The lowest BCUT2D eigenvalue weighted by molar-refractivity contribution is 0.125. The van der Waals surface area contributed by atoms with Crippen LogP contribution in [0.3, 0.4) is 0 Å². The lowest BCUT2D eigenvalue weighted by Gasteiger charge is -2.14. The Balaban J connectivity index is 1.79. The van der Waals surface area contributed by atoms with Crippen LogP contribution in [0.4, 0.5) is 0 Å². The van der Waals surface area contributed by atoms with E-state index < -0.39 is 0 Å². The standard InChI is InChI=1S/C27H16N2O2/c28-13-1-3-18-5-9-22-20(15-18)7-11-24-26(22)27-23-10-6-19(4-2-14-29)16-21(23)8-12-25(27)31-17-30-24/h1-12,15-16H,17H2/b3-1+,4-2+. The molecule has 4 aromatic carbocycles. The molecule has 146 valence electrons. The minimum Gasteiger partial charge on any atom is -0.457 e. The molecule has 1 aliphatic rings. The van der Waals surface area contributed by atoms with Crippen molar-refractivity contribution < 1.29 is 9.47 Å². The van der Waals surface area contributed by atoms with Gasteiger partial charge in [-0.25, -0.2) is 0 Å². The summed E-state index contributed by atoms with van der Waals surface area (Å²) in [6.45, 7) is 0.142. The van der Waals surface area contributed by atoms with Crippen molar-refractivity contribution in [2.45, 2.75) is 0 Å². The molecule has 0 aliphatic carbocycles. The van der Waals surface area contributed by atoms with Crippen LogP contribution in [0.25, 0.3) is 44.8 Å². The van der Waals surface area contributed by atoms with E-state index in [0.717, 1.165) is 55.3 Å². The van der Waals surface area contributed by atoms with Gasteiger partial charge in [-0.2, -0.15) is 10.5 Å². The van der Waals surface area contributed by atoms with Gasteiger partial charge in [0.1, 0.15) is 11.5 Å². The average Bonchev–Trinajstić information content (AvgIpc) is 3.00. The van der Waals surface area contributed by atoms with Crippen LogP contribution in [0.5, 0.6) is 11.5 Å². The van der Waals surface area contributed by atoms with Crippen molar-refractivity contribution >= 4 is 33.7 Å². The highest BCUT2D eigenvalue weighted by Crippen LogP contribution is 2.47. The van der Waals surface area contributed by atoms with E-state index in [1.54, 1.807) is 12.2 Å². The van der Waals surface area contributed by atoms with Gasteiger partial charge in [0.15, 0.2) is 0 Å². The fraction of sp³-hybridized carbons (Fsp3) is 0.0370. The van der Waals surface area contributed by atoms with E-state index in [1.165, 1.54) is 12.2 Å². The maximum Gasteiger partial charge on any atom is 0.230 e. The van der Waals surface area contributed by atoms with Crippen LogP contribution >= 0.6 is 0 Å². The van der Waals surface area contributed by atoms with Crippen molar-refractivity contribution in [3.63, 3.8) is 0 Å². The van der Waals surface area contributed by atoms with E-state index in [0.29, 0.717) is 0 Å². The second-order valence-corrected chi connectivity index (χ2v) is 7.17. The lowest BCUT2D eigenvalue weighted by Crippen LogP contribution is -2.03. The number of ether oxygens (including phenoxy) is 2. The molecule has 0 atom stereocenters. The summed E-state index contributed by atoms with van der Waals surface area (Å²) in [5, 5.41) is 21.9. The number of fused-ring (bicyclic) bond motifs is 7. The molecule has 0 aromatic heterocycles. The zero-order valence-corrected chi connectivity index (χ0v) is 16.5. The monoisotopic (exact) mass is 400 g/mol. The third-order valence-corrected chi connectivity index (χ3v) is 5.39. The van der Waals surface area contributed by atoms with Crippen LogP contribution in [0.1, 0.15) is 11.1 Å². The highest BCUT2D eigenvalue weighted by Gasteiger charge is 2.21. The summed E-state index contributed by atoms with van der Waals surface area (Å²) < 4.78 is 11.9. The molecule has 0 fully saturated rings. The summed E-state index contributed by atoms with van der Waals surface area (Å²) >= 11 is 0. The number of allylic oxidation sites excluding steroid dienone is 2. The number of rotatable bonds is 2. The van der Waals surface area contributed by atoms with Gasteiger partial charge < -0.3 is 9.47 Å². The molecule has 4 heteroatoms. The van der Waals surface area contributed by atoms with Gasteiger partial charge in [-0.05, 0) is 69.1 Å². The predicted octanol–water partition coefficient (Wildman–Crippen LogP) is 6.46. The van der Waals surface area contributed by atoms with Crippen molar-refractivity contribution in [1.29, 1.82) is 10.5 Å². The maximum absolute atomic E-state index is 8.82. The number of benzene rings is 4. The largest absolute Gasteiger partial charge is 0.457 e. The van der Waals surface area contributed by atoms with Crippen LogP contribution in [0.15, 0.2) is 72.8 Å². The van der Waals surface area contributed by atoms with Crippen molar-refractivity contribution in [3.05, 3.63) is 83.9 Å². The molecule has 0 amide bonds. The Bertz CT molecular complexity index is 1370. The quantitative estimate of drug-likeness (QED) is 0.362. The van der Waals surface area contributed by atoms with Gasteiger partial charge >= 0.3 is 0 Å². The molecular weight excluding hydrogens is 384 g/mol. The Kier molecular flexibility index (Phi) is 4.60. The Morgan fingerprint density at radius 3 is 1.58 bits per heavy atom. The Morgan fingerprint density at radius 2 is 1.13 bits per heavy atom. The summed E-state index contributed by atoms with van der Waals surface area (Å²) in [7, 11) is 0. The first kappa shape index (κ1) is 18.5. The molecule has 0 bridgehead atoms. The van der Waals surface area contributed by atoms with Gasteiger partial charge in [0.2, 0.25) is 6.79 Å². The van der Waals surface area contributed by atoms with Crippen molar-refractivity contribution in [2.24, 2.45) is 0 Å². The summed E-state index contributed by atoms with van der Waals surface area (Å²) in [5.41, 5.74) is 3.91. The van der Waals surface area contributed by atoms with E-state index in [9.17, 15) is 0 Å². The van der Waals surface area contributed by atoms with Gasteiger partial charge in [0.05, 0.1) is 12.1 Å². The molecule has 1 heterocycles. The fourth-order valence-electron chi connectivity index (χ4n) is 4.04. The van der Waals surface area contributed by atoms with Gasteiger partial charge in [-0.15, -0.1) is 0 Å². The van der Waals surface area contributed by atoms with E-state index in [1.807, 2.05) is 48.5 Å². The molecule has 4 nitrogen and oxygen atoms in total. The topological polar surface area (TPSA) is 66.0 Å². The van der Waals surface area contributed by atoms with Crippen molar-refractivity contribution in [1.82, 2.24) is 0 Å². The SMILES string of the molecule is N#C/C=C/c1ccc2c3c(ccc2c1)OCOc1ccc2cc(/C=C/C#N)ccc2c1-3. The molecule has 0 N–H and O–H groups in total. The number of nitriles is 2. The molecule has 0 saturated carbocycles. The molecular formula is C27H16N2O2. The minimum atomic E-state index is 0.142. The van der Waals surface area contributed by atoms with Crippen LogP contribution in [-0.4, -0.2) is 6.79 Å². The second-order valence-electron chi connectivity index (χ2n) is 7.17. The third-order valence-electron chi connectivity index (χ3n) is 5.39. The summed E-state index contributed by atoms with van der Waals surface area (Å²) in [5.74, 6) is 1.54. The molecule has 5 rings (SSSR count). The van der Waals surface area contributed by atoms with Crippen LogP contribution in [-0.2, 0) is 0 Å². The Hall–Kier alpha value is -4.54. The van der Waals surface area contributed by atoms with Crippen LogP contribution in [0.2, 0.25) is 0 Å². The van der Waals surface area contributed by atoms with Crippen LogP contribution < -0.4 is 9.47 Å². The van der Waals surface area contributed by atoms with E-state index in [4.69, 9.17) is 20.0 Å². The predicted molar refractivity (Wildman–Crippen MR) is 122 cm³/mol. The van der Waals surface area contributed by atoms with Gasteiger partial charge in [0.25, 0.3) is 0 Å². The molecule has 0 spiro atoms. The van der Waals surface area contributed by atoms with Crippen molar-refractivity contribution in [3.8, 4) is 34.8 Å². The zero-order valence-electron chi connectivity index (χ0n) is 16.5. The molecule has 0 radical (unpaired) electrons. The highest BCUT2D eigenvalue weighted by atomic mass is 16.7. The van der Waals surface area contributed by atoms with E-state index in [2.05, 4.69) is 24.3 Å². The van der Waals surface area contributed by atoms with E-state index >= 15 is 0 Å². The van der Waals surface area contributed by atoms with Crippen molar-refractivity contribution in [2.75, 3.05) is 6.79 Å². The normalized spacial score (nSPS) is 12.6. The number of nitrogens with zero attached hydrogens (tertiary/aromatic N) is 2. The Labute approximate surface area is 179 Å². The highest BCUT2D eigenvalue weighted by molar-refractivity contribution is 6.10. The molecule has 1 aliphatic heterocycles. The van der Waals surface area contributed by atoms with Gasteiger partial charge in [0, 0.05) is 23.3 Å². The molecule has 0 saturated heterocycles. The van der Waals surface area contributed by atoms with Gasteiger partial charge in [-0.1, -0.05) is 36.4 Å². The molecule has 31 heavy (non-hydrogen) atoms. The second kappa shape index (κ2) is 7.71. The smallest absolute Gasteiger partial charge is 0.230 e. The minimum absolute atomic E-state index is 0.142. The summed E-state index contributed by atoms with van der Waals surface area (Å²) in [6, 6.07) is 24.3. The average molecular weight is 400 g/mol. The number of hydrogen-bond donors (Lipinski definition) is 0. The maximum atomic E-state index is 8.82. The first-order valence-corrected chi connectivity index (χ1v) is 9.80. The molecule has 4 aromatic rings. The Morgan fingerprint density at radius 1 is 0.645 bits per heavy atom. The van der Waals surface area contributed by atoms with Crippen LogP contribution in [0, 0.1) is 22.7 Å². The third kappa shape index (κ3) is 3.27. The molecule has 0 unspecified atom stereocenters.